The number of hydrogen-bond donors (Lipinski definition) is 1. The van der Waals surface area contributed by atoms with E-state index in [2.05, 4.69) is 10.3 Å². The van der Waals surface area contributed by atoms with E-state index in [4.69, 9.17) is 4.74 Å². The number of carbonyl (C=O) groups is 2. The predicted molar refractivity (Wildman–Crippen MR) is 119 cm³/mol. The lowest BCUT2D eigenvalue weighted by Crippen LogP contribution is -2.36. The number of pyridine rings is 1. The number of anilines is 1. The van der Waals surface area contributed by atoms with Gasteiger partial charge in [0.2, 0.25) is 5.88 Å². The van der Waals surface area contributed by atoms with Crippen LogP contribution in [0.5, 0.6) is 5.88 Å². The molecule has 158 valence electrons. The van der Waals surface area contributed by atoms with Gasteiger partial charge in [-0.1, -0.05) is 42.5 Å². The molecule has 1 aliphatic heterocycles. The molecular formula is C25H25N3O3. The smallest absolute Gasteiger partial charge is 0.255 e. The van der Waals surface area contributed by atoms with Crippen LogP contribution in [-0.2, 0) is 6.61 Å². The maximum Gasteiger partial charge on any atom is 0.255 e. The Bertz CT molecular complexity index is 1050. The molecule has 0 aliphatic carbocycles. The maximum absolute atomic E-state index is 13.0. The topological polar surface area (TPSA) is 71.5 Å². The third-order valence-corrected chi connectivity index (χ3v) is 5.28. The first-order valence-corrected chi connectivity index (χ1v) is 10.5. The average molecular weight is 415 g/mol. The highest BCUT2D eigenvalue weighted by atomic mass is 16.5. The number of carbonyl (C=O) groups excluding carboxylic acids is 2. The molecule has 1 aromatic heterocycles. The second-order valence-corrected chi connectivity index (χ2v) is 7.51. The number of amides is 2. The number of rotatable bonds is 6. The molecule has 0 atom stereocenters. The fourth-order valence-electron chi connectivity index (χ4n) is 3.60. The minimum Gasteiger partial charge on any atom is -0.473 e. The van der Waals surface area contributed by atoms with Crippen molar-refractivity contribution in [2.75, 3.05) is 18.4 Å². The van der Waals surface area contributed by atoms with Crippen LogP contribution in [0.4, 0.5) is 5.69 Å². The van der Waals surface area contributed by atoms with Crippen molar-refractivity contribution in [3.8, 4) is 5.88 Å². The van der Waals surface area contributed by atoms with Crippen LogP contribution in [0.1, 0.15) is 45.5 Å². The van der Waals surface area contributed by atoms with Gasteiger partial charge in [0.15, 0.2) is 0 Å². The van der Waals surface area contributed by atoms with Crippen molar-refractivity contribution in [2.45, 2.75) is 25.9 Å². The molecule has 2 heterocycles. The second kappa shape index (κ2) is 9.89. The van der Waals surface area contributed by atoms with Gasteiger partial charge in [0.05, 0.1) is 11.3 Å². The van der Waals surface area contributed by atoms with Crippen molar-refractivity contribution in [2.24, 2.45) is 0 Å². The van der Waals surface area contributed by atoms with Crippen LogP contribution in [0.3, 0.4) is 0 Å². The summed E-state index contributed by atoms with van der Waals surface area (Å²) in [5, 5.41) is 2.88. The average Bonchev–Trinajstić information content (AvgIpc) is 2.84. The molecule has 0 radical (unpaired) electrons. The molecule has 6 nitrogen and oxygen atoms in total. The lowest BCUT2D eigenvalue weighted by molar-refractivity contribution is 0.0725. The van der Waals surface area contributed by atoms with E-state index < -0.39 is 0 Å². The van der Waals surface area contributed by atoms with Crippen molar-refractivity contribution in [3.63, 3.8) is 0 Å². The third kappa shape index (κ3) is 5.28. The molecule has 1 aliphatic rings. The molecule has 2 amide bonds. The van der Waals surface area contributed by atoms with Crippen LogP contribution in [0.15, 0.2) is 72.9 Å². The predicted octanol–water partition coefficient (Wildman–Crippen LogP) is 4.54. The number of nitrogens with one attached hydrogen (secondary N) is 1. The zero-order valence-corrected chi connectivity index (χ0v) is 17.3. The highest BCUT2D eigenvalue weighted by molar-refractivity contribution is 6.09. The van der Waals surface area contributed by atoms with Crippen molar-refractivity contribution in [1.82, 2.24) is 9.88 Å². The number of likely N-dealkylation sites (tertiary alicyclic amines) is 1. The Balaban J connectivity index is 1.45. The third-order valence-electron chi connectivity index (χ3n) is 5.28. The number of piperidine rings is 1. The first-order valence-electron chi connectivity index (χ1n) is 10.5. The van der Waals surface area contributed by atoms with E-state index in [0.29, 0.717) is 29.3 Å². The number of hydrogen-bond acceptors (Lipinski definition) is 4. The van der Waals surface area contributed by atoms with Crippen LogP contribution in [-0.4, -0.2) is 34.8 Å². The lowest BCUT2D eigenvalue weighted by atomic mass is 10.1. The Morgan fingerprint density at radius 1 is 0.935 bits per heavy atom. The van der Waals surface area contributed by atoms with E-state index in [1.54, 1.807) is 30.5 Å². The normalized spacial score (nSPS) is 13.5. The summed E-state index contributed by atoms with van der Waals surface area (Å²) >= 11 is 0. The van der Waals surface area contributed by atoms with Crippen LogP contribution in [0, 0.1) is 0 Å². The molecule has 1 fully saturated rings. The van der Waals surface area contributed by atoms with Crippen molar-refractivity contribution in [3.05, 3.63) is 89.6 Å². The second-order valence-electron chi connectivity index (χ2n) is 7.51. The molecule has 1 saturated heterocycles. The molecule has 2 aromatic carbocycles. The molecule has 0 unspecified atom stereocenters. The van der Waals surface area contributed by atoms with Gasteiger partial charge < -0.3 is 15.0 Å². The molecule has 1 N–H and O–H groups in total. The Morgan fingerprint density at radius 2 is 1.68 bits per heavy atom. The van der Waals surface area contributed by atoms with Gasteiger partial charge in [0, 0.05) is 30.9 Å². The lowest BCUT2D eigenvalue weighted by Gasteiger charge is -2.27. The van der Waals surface area contributed by atoms with E-state index in [0.717, 1.165) is 37.9 Å². The van der Waals surface area contributed by atoms with E-state index >= 15 is 0 Å². The fourth-order valence-corrected chi connectivity index (χ4v) is 3.60. The van der Waals surface area contributed by atoms with Crippen molar-refractivity contribution >= 4 is 17.5 Å². The Morgan fingerprint density at radius 3 is 2.48 bits per heavy atom. The molecule has 3 aromatic rings. The molecule has 4 rings (SSSR count). The minimum atomic E-state index is -0.314. The maximum atomic E-state index is 13.0. The largest absolute Gasteiger partial charge is 0.473 e. The van der Waals surface area contributed by atoms with Gasteiger partial charge in [0.1, 0.15) is 6.61 Å². The van der Waals surface area contributed by atoms with Crippen molar-refractivity contribution in [1.29, 1.82) is 0 Å². The van der Waals surface area contributed by atoms with Crippen molar-refractivity contribution < 1.29 is 14.3 Å². The summed E-state index contributed by atoms with van der Waals surface area (Å²) in [7, 11) is 0. The molecule has 0 spiro atoms. The van der Waals surface area contributed by atoms with Gasteiger partial charge in [-0.15, -0.1) is 0 Å². The first-order chi connectivity index (χ1) is 15.2. The first kappa shape index (κ1) is 20.6. The molecular weight excluding hydrogens is 390 g/mol. The highest BCUT2D eigenvalue weighted by Gasteiger charge is 2.21. The van der Waals surface area contributed by atoms with Crippen LogP contribution in [0.25, 0.3) is 0 Å². The Hall–Kier alpha value is -3.67. The summed E-state index contributed by atoms with van der Waals surface area (Å²) in [5.74, 6) is 0.0113. The van der Waals surface area contributed by atoms with E-state index in [1.165, 1.54) is 0 Å². The molecule has 31 heavy (non-hydrogen) atoms. The summed E-state index contributed by atoms with van der Waals surface area (Å²) in [6.07, 6.45) is 4.73. The number of para-hydroxylation sites is 1. The van der Waals surface area contributed by atoms with Gasteiger partial charge in [0.25, 0.3) is 11.8 Å². The van der Waals surface area contributed by atoms with Gasteiger partial charge >= 0.3 is 0 Å². The highest BCUT2D eigenvalue weighted by Crippen LogP contribution is 2.21. The number of nitrogens with zero attached hydrogens (tertiary/aromatic N) is 2. The van der Waals surface area contributed by atoms with E-state index in [-0.39, 0.29) is 11.8 Å². The number of aromatic nitrogens is 1. The summed E-state index contributed by atoms with van der Waals surface area (Å²) in [6, 6.07) is 20.1. The zero-order valence-electron chi connectivity index (χ0n) is 17.3. The minimum absolute atomic E-state index is 0.0442. The van der Waals surface area contributed by atoms with Gasteiger partial charge in [-0.05, 0) is 43.0 Å². The van der Waals surface area contributed by atoms with Crippen LogP contribution < -0.4 is 10.1 Å². The summed E-state index contributed by atoms with van der Waals surface area (Å²) in [5.41, 5.74) is 2.45. The zero-order chi connectivity index (χ0) is 21.5. The van der Waals surface area contributed by atoms with Gasteiger partial charge in [-0.2, -0.15) is 0 Å². The van der Waals surface area contributed by atoms with Gasteiger partial charge in [-0.25, -0.2) is 4.98 Å². The molecule has 0 saturated carbocycles. The summed E-state index contributed by atoms with van der Waals surface area (Å²) in [4.78, 5) is 31.9. The number of benzene rings is 2. The quantitative estimate of drug-likeness (QED) is 0.642. The van der Waals surface area contributed by atoms with E-state index in [1.807, 2.05) is 47.4 Å². The molecule has 0 bridgehead atoms. The standard InChI is InChI=1S/C25H25N3O3/c29-24(20-13-14-26-23(17-20)31-18-19-9-3-1-4-10-19)27-22-12-6-5-11-21(22)25(30)28-15-7-2-8-16-28/h1,3-6,9-14,17H,2,7-8,15-16,18H2,(H,27,29). The van der Waals surface area contributed by atoms with Crippen LogP contribution in [0.2, 0.25) is 0 Å². The van der Waals surface area contributed by atoms with Gasteiger partial charge in [-0.3, -0.25) is 9.59 Å². The Labute approximate surface area is 181 Å². The fraction of sp³-hybridized carbons (Fsp3) is 0.240. The summed E-state index contributed by atoms with van der Waals surface area (Å²) in [6.45, 7) is 1.88. The number of ether oxygens (including phenoxy) is 1. The SMILES string of the molecule is O=C(Nc1ccccc1C(=O)N1CCCCC1)c1ccnc(OCc2ccccc2)c1. The summed E-state index contributed by atoms with van der Waals surface area (Å²) < 4.78 is 5.72. The monoisotopic (exact) mass is 415 g/mol. The molecule has 6 heteroatoms. The van der Waals surface area contributed by atoms with Crippen LogP contribution >= 0.6 is 0 Å². The van der Waals surface area contributed by atoms with E-state index in [9.17, 15) is 9.59 Å². The Kier molecular flexibility index (Phi) is 6.57.